The van der Waals surface area contributed by atoms with Crippen molar-refractivity contribution in [3.8, 4) is 0 Å². The molecule has 1 amide bonds. The molecule has 0 unspecified atom stereocenters. The molecule has 1 aromatic heterocycles. The fraction of sp³-hybridized carbons (Fsp3) is 0.185. The summed E-state index contributed by atoms with van der Waals surface area (Å²) in [6, 6.07) is 16.9. The number of aromatic nitrogens is 2. The van der Waals surface area contributed by atoms with E-state index in [-0.39, 0.29) is 17.4 Å². The molecule has 2 aromatic carbocycles. The van der Waals surface area contributed by atoms with Gasteiger partial charge in [0.05, 0.1) is 18.9 Å². The first-order valence-electron chi connectivity index (χ1n) is 11.2. The predicted molar refractivity (Wildman–Crippen MR) is 130 cm³/mol. The van der Waals surface area contributed by atoms with E-state index in [1.165, 1.54) is 6.08 Å². The zero-order chi connectivity index (χ0) is 23.5. The highest BCUT2D eigenvalue weighted by molar-refractivity contribution is 6.44. The number of amides is 1. The van der Waals surface area contributed by atoms with Crippen molar-refractivity contribution in [1.29, 1.82) is 5.41 Å². The highest BCUT2D eigenvalue weighted by Crippen LogP contribution is 2.26. The molecule has 34 heavy (non-hydrogen) atoms. The number of ketones is 1. The Hall–Kier alpha value is -4.10. The summed E-state index contributed by atoms with van der Waals surface area (Å²) in [5.74, 6) is 0.345. The Balaban J connectivity index is 1.31. The largest absolute Gasteiger partial charge is 0.378 e. The molecule has 0 radical (unpaired) electrons. The monoisotopic (exact) mass is 452 g/mol. The lowest BCUT2D eigenvalue weighted by molar-refractivity contribution is -0.109. The van der Waals surface area contributed by atoms with E-state index in [2.05, 4.69) is 9.97 Å². The van der Waals surface area contributed by atoms with Gasteiger partial charge in [-0.05, 0) is 35.4 Å². The van der Waals surface area contributed by atoms with Gasteiger partial charge in [-0.15, -0.1) is 0 Å². The number of morpholine rings is 1. The molecule has 170 valence electrons. The van der Waals surface area contributed by atoms with E-state index in [4.69, 9.17) is 10.1 Å². The maximum atomic E-state index is 12.8. The van der Waals surface area contributed by atoms with Crippen LogP contribution in [0.25, 0.3) is 11.1 Å². The minimum absolute atomic E-state index is 0.00998. The zero-order valence-corrected chi connectivity index (χ0v) is 18.6. The molecule has 1 aliphatic carbocycles. The molecular weight excluding hydrogens is 428 g/mol. The van der Waals surface area contributed by atoms with Crippen molar-refractivity contribution in [3.63, 3.8) is 0 Å². The number of carbonyl (C=O) groups is 2. The van der Waals surface area contributed by atoms with Crippen LogP contribution in [0.1, 0.15) is 33.0 Å². The van der Waals surface area contributed by atoms with Crippen molar-refractivity contribution in [2.45, 2.75) is 6.42 Å². The quantitative estimate of drug-likeness (QED) is 0.579. The molecule has 1 saturated heterocycles. The fourth-order valence-corrected chi connectivity index (χ4v) is 4.19. The maximum Gasteiger partial charge on any atom is 0.254 e. The summed E-state index contributed by atoms with van der Waals surface area (Å²) in [5.41, 5.74) is 4.46. The predicted octanol–water partition coefficient (Wildman–Crippen LogP) is 3.54. The van der Waals surface area contributed by atoms with Gasteiger partial charge in [0.15, 0.2) is 5.78 Å². The Morgan fingerprint density at radius 3 is 2.62 bits per heavy atom. The van der Waals surface area contributed by atoms with Crippen LogP contribution in [0.4, 0.5) is 0 Å². The number of H-pyrrole nitrogens is 1. The van der Waals surface area contributed by atoms with Crippen LogP contribution in [-0.4, -0.2) is 58.6 Å². The van der Waals surface area contributed by atoms with Gasteiger partial charge in [-0.2, -0.15) is 0 Å². The zero-order valence-electron chi connectivity index (χ0n) is 18.6. The van der Waals surface area contributed by atoms with Crippen LogP contribution in [0, 0.1) is 5.41 Å². The first-order valence-corrected chi connectivity index (χ1v) is 11.2. The first kappa shape index (κ1) is 21.7. The van der Waals surface area contributed by atoms with Crippen LogP contribution in [0.2, 0.25) is 0 Å². The second-order valence-electron chi connectivity index (χ2n) is 8.30. The molecule has 0 atom stereocenters. The number of benzene rings is 2. The molecule has 1 aliphatic heterocycles. The number of carbonyl (C=O) groups excluding carboxylic acids is 2. The molecule has 2 heterocycles. The summed E-state index contributed by atoms with van der Waals surface area (Å²) in [5, 5.41) is 8.45. The van der Waals surface area contributed by atoms with Crippen LogP contribution < -0.4 is 0 Å². The van der Waals surface area contributed by atoms with E-state index in [1.807, 2.05) is 59.5 Å². The second kappa shape index (κ2) is 9.41. The number of ether oxygens (including phenoxy) is 1. The molecule has 5 rings (SSSR count). The van der Waals surface area contributed by atoms with Crippen molar-refractivity contribution in [2.24, 2.45) is 0 Å². The van der Waals surface area contributed by atoms with Gasteiger partial charge in [0, 0.05) is 48.1 Å². The van der Waals surface area contributed by atoms with Crippen molar-refractivity contribution >= 4 is 28.5 Å². The molecule has 2 aliphatic rings. The standard InChI is InChI=1S/C27H24N4O3/c28-24-15-22(19-6-2-1-3-7-19)25(32)16-23(24)26-29-17-21(30-26)14-18-5-4-8-20(13-18)27(33)31-9-11-34-12-10-31/h1-8,13,15-17,28H,9-12,14H2,(H,29,30). The lowest BCUT2D eigenvalue weighted by Crippen LogP contribution is -2.40. The van der Waals surface area contributed by atoms with E-state index < -0.39 is 0 Å². The van der Waals surface area contributed by atoms with Crippen LogP contribution in [0.5, 0.6) is 0 Å². The lowest BCUT2D eigenvalue weighted by atomic mass is 9.91. The molecular formula is C27H24N4O3. The smallest absolute Gasteiger partial charge is 0.254 e. The number of hydrogen-bond acceptors (Lipinski definition) is 5. The third kappa shape index (κ3) is 4.51. The van der Waals surface area contributed by atoms with Gasteiger partial charge in [-0.25, -0.2) is 4.98 Å². The molecule has 7 heteroatoms. The number of aromatic amines is 1. The van der Waals surface area contributed by atoms with Crippen LogP contribution in [-0.2, 0) is 16.0 Å². The van der Waals surface area contributed by atoms with E-state index in [9.17, 15) is 9.59 Å². The van der Waals surface area contributed by atoms with Gasteiger partial charge in [0.1, 0.15) is 5.82 Å². The molecule has 3 aromatic rings. The Morgan fingerprint density at radius 2 is 1.82 bits per heavy atom. The summed E-state index contributed by atoms with van der Waals surface area (Å²) in [4.78, 5) is 35.0. The van der Waals surface area contributed by atoms with Gasteiger partial charge in [-0.1, -0.05) is 42.5 Å². The second-order valence-corrected chi connectivity index (χ2v) is 8.30. The average molecular weight is 453 g/mol. The SMILES string of the molecule is N=C1C=C(c2ccccc2)C(=O)C=C1c1ncc(Cc2cccc(C(=O)N3CCOCC3)c2)[nH]1. The van der Waals surface area contributed by atoms with E-state index in [1.54, 1.807) is 12.3 Å². The summed E-state index contributed by atoms with van der Waals surface area (Å²) < 4.78 is 5.33. The van der Waals surface area contributed by atoms with Gasteiger partial charge < -0.3 is 20.0 Å². The molecule has 0 spiro atoms. The van der Waals surface area contributed by atoms with Gasteiger partial charge >= 0.3 is 0 Å². The lowest BCUT2D eigenvalue weighted by Gasteiger charge is -2.27. The molecule has 7 nitrogen and oxygen atoms in total. The highest BCUT2D eigenvalue weighted by Gasteiger charge is 2.22. The molecule has 1 fully saturated rings. The Kier molecular flexibility index (Phi) is 6.01. The van der Waals surface area contributed by atoms with E-state index in [0.29, 0.717) is 55.3 Å². The minimum atomic E-state index is -0.149. The van der Waals surface area contributed by atoms with Crippen LogP contribution in [0.15, 0.2) is 72.9 Å². The minimum Gasteiger partial charge on any atom is -0.378 e. The Morgan fingerprint density at radius 1 is 1.03 bits per heavy atom. The average Bonchev–Trinajstić information content (AvgIpc) is 3.34. The third-order valence-corrected chi connectivity index (χ3v) is 5.95. The van der Waals surface area contributed by atoms with E-state index in [0.717, 1.165) is 16.8 Å². The fourth-order valence-electron chi connectivity index (χ4n) is 4.19. The summed E-state index contributed by atoms with van der Waals surface area (Å²) in [7, 11) is 0. The summed E-state index contributed by atoms with van der Waals surface area (Å²) >= 11 is 0. The van der Waals surface area contributed by atoms with E-state index >= 15 is 0 Å². The highest BCUT2D eigenvalue weighted by atomic mass is 16.5. The molecule has 0 saturated carbocycles. The van der Waals surface area contributed by atoms with Crippen molar-refractivity contribution in [1.82, 2.24) is 14.9 Å². The molecule has 0 bridgehead atoms. The van der Waals surface area contributed by atoms with Crippen LogP contribution in [0.3, 0.4) is 0 Å². The van der Waals surface area contributed by atoms with Gasteiger partial charge in [0.2, 0.25) is 0 Å². The number of nitrogens with one attached hydrogen (secondary N) is 2. The number of hydrogen-bond donors (Lipinski definition) is 2. The number of nitrogens with zero attached hydrogens (tertiary/aromatic N) is 2. The topological polar surface area (TPSA) is 99.1 Å². The number of rotatable bonds is 5. The Bertz CT molecular complexity index is 1310. The van der Waals surface area contributed by atoms with Crippen LogP contribution >= 0.6 is 0 Å². The van der Waals surface area contributed by atoms with Crippen molar-refractivity contribution in [2.75, 3.05) is 26.3 Å². The van der Waals surface area contributed by atoms with Crippen molar-refractivity contribution in [3.05, 3.63) is 101 Å². The number of allylic oxidation sites excluding steroid dienone is 4. The summed E-state index contributed by atoms with van der Waals surface area (Å²) in [6.45, 7) is 2.34. The maximum absolute atomic E-state index is 12.8. The molecule has 2 N–H and O–H groups in total. The normalized spacial score (nSPS) is 16.3. The first-order chi connectivity index (χ1) is 16.6. The van der Waals surface area contributed by atoms with Gasteiger partial charge in [0.25, 0.3) is 5.91 Å². The number of imidazole rings is 1. The third-order valence-electron chi connectivity index (χ3n) is 5.95. The summed E-state index contributed by atoms with van der Waals surface area (Å²) in [6.07, 6.45) is 5.32. The van der Waals surface area contributed by atoms with Gasteiger partial charge in [-0.3, -0.25) is 9.59 Å². The Labute approximate surface area is 197 Å². The van der Waals surface area contributed by atoms with Crippen molar-refractivity contribution < 1.29 is 14.3 Å².